The van der Waals surface area contributed by atoms with Crippen LogP contribution in [0.5, 0.6) is 0 Å². The highest BCUT2D eigenvalue weighted by atomic mass is 16.6. The summed E-state index contributed by atoms with van der Waals surface area (Å²) in [5.41, 5.74) is -0.565. The van der Waals surface area contributed by atoms with E-state index in [0.29, 0.717) is 6.42 Å². The molecule has 3 nitrogen and oxygen atoms in total. The van der Waals surface area contributed by atoms with Gasteiger partial charge in [0.2, 0.25) is 0 Å². The molecule has 0 bridgehead atoms. The minimum Gasteiger partial charge on any atom is -0.393 e. The first-order valence-electron chi connectivity index (χ1n) is 4.57. The second kappa shape index (κ2) is 4.40. The molecule has 0 aliphatic heterocycles. The van der Waals surface area contributed by atoms with Crippen molar-refractivity contribution in [3.8, 4) is 0 Å². The fourth-order valence-electron chi connectivity index (χ4n) is 0.492. The predicted octanol–water partition coefficient (Wildman–Crippen LogP) is 2.15. The fourth-order valence-corrected chi connectivity index (χ4v) is 0.492. The zero-order valence-corrected chi connectivity index (χ0v) is 9.01. The van der Waals surface area contributed by atoms with Gasteiger partial charge in [-0.3, -0.25) is 9.59 Å². The number of hydrogen-bond donors (Lipinski definition) is 0. The molecule has 0 rings (SSSR count). The van der Waals surface area contributed by atoms with Crippen molar-refractivity contribution in [1.82, 2.24) is 0 Å². The molecule has 0 unspecified atom stereocenters. The van der Waals surface area contributed by atoms with Gasteiger partial charge in [-0.2, -0.15) is 0 Å². The van der Waals surface area contributed by atoms with Gasteiger partial charge in [-0.15, -0.1) is 0 Å². The lowest BCUT2D eigenvalue weighted by atomic mass is 9.91. The van der Waals surface area contributed by atoms with Crippen LogP contribution in [0.2, 0.25) is 0 Å². The van der Waals surface area contributed by atoms with Gasteiger partial charge in [0.15, 0.2) is 0 Å². The Bertz CT molecular complexity index is 204. The Morgan fingerprint density at radius 2 is 1.77 bits per heavy atom. The van der Waals surface area contributed by atoms with Crippen molar-refractivity contribution in [1.29, 1.82) is 0 Å². The topological polar surface area (TPSA) is 43.4 Å². The molecule has 0 heterocycles. The summed E-state index contributed by atoms with van der Waals surface area (Å²) in [4.78, 5) is 22.4. The average molecular weight is 186 g/mol. The molecule has 0 aromatic heterocycles. The third kappa shape index (κ3) is 3.57. The van der Waals surface area contributed by atoms with Gasteiger partial charge in [0.05, 0.1) is 11.3 Å². The second-order valence-electron chi connectivity index (χ2n) is 4.10. The summed E-state index contributed by atoms with van der Waals surface area (Å²) in [5, 5.41) is 0. The molecule has 0 amide bonds. The molecule has 0 spiro atoms. The van der Waals surface area contributed by atoms with E-state index in [1.807, 2.05) is 6.92 Å². The average Bonchev–Trinajstić information content (AvgIpc) is 2.04. The monoisotopic (exact) mass is 186 g/mol. The van der Waals surface area contributed by atoms with Gasteiger partial charge in [0.1, 0.15) is 0 Å². The van der Waals surface area contributed by atoms with E-state index in [2.05, 4.69) is 4.74 Å². The number of rotatable bonds is 3. The normalized spacial score (nSPS) is 11.5. The summed E-state index contributed by atoms with van der Waals surface area (Å²) in [7, 11) is 0. The van der Waals surface area contributed by atoms with Gasteiger partial charge >= 0.3 is 11.9 Å². The number of carbonyl (C=O) groups is 2. The van der Waals surface area contributed by atoms with Crippen LogP contribution in [0.25, 0.3) is 0 Å². The van der Waals surface area contributed by atoms with E-state index in [1.54, 1.807) is 27.7 Å². The number of hydrogen-bond acceptors (Lipinski definition) is 3. The van der Waals surface area contributed by atoms with Crippen LogP contribution < -0.4 is 0 Å². The van der Waals surface area contributed by atoms with Crippen LogP contribution in [0.15, 0.2) is 0 Å². The molecule has 0 aromatic carbocycles. The molecule has 0 saturated heterocycles. The van der Waals surface area contributed by atoms with E-state index in [0.717, 1.165) is 0 Å². The van der Waals surface area contributed by atoms with Crippen molar-refractivity contribution in [2.75, 3.05) is 0 Å². The first-order chi connectivity index (χ1) is 5.81. The summed E-state index contributed by atoms with van der Waals surface area (Å²) in [6, 6.07) is 0. The maximum Gasteiger partial charge on any atom is 0.319 e. The van der Waals surface area contributed by atoms with E-state index < -0.39 is 17.4 Å². The summed E-state index contributed by atoms with van der Waals surface area (Å²) in [5.74, 6) is -1.14. The Balaban J connectivity index is 4.24. The zero-order chi connectivity index (χ0) is 10.6. The molecular weight excluding hydrogens is 168 g/mol. The Morgan fingerprint density at radius 1 is 1.31 bits per heavy atom. The molecule has 0 atom stereocenters. The Morgan fingerprint density at radius 3 is 2.08 bits per heavy atom. The van der Waals surface area contributed by atoms with Crippen LogP contribution in [-0.2, 0) is 14.3 Å². The molecule has 13 heavy (non-hydrogen) atoms. The van der Waals surface area contributed by atoms with E-state index in [9.17, 15) is 9.59 Å². The van der Waals surface area contributed by atoms with Crippen molar-refractivity contribution in [3.05, 3.63) is 0 Å². The van der Waals surface area contributed by atoms with Gasteiger partial charge in [0, 0.05) is 0 Å². The lowest BCUT2D eigenvalue weighted by Gasteiger charge is -2.19. The van der Waals surface area contributed by atoms with E-state index in [4.69, 9.17) is 0 Å². The Kier molecular flexibility index (Phi) is 4.11. The third-order valence-electron chi connectivity index (χ3n) is 2.10. The van der Waals surface area contributed by atoms with E-state index in [1.165, 1.54) is 0 Å². The van der Waals surface area contributed by atoms with Gasteiger partial charge < -0.3 is 4.74 Å². The van der Waals surface area contributed by atoms with Gasteiger partial charge in [0.25, 0.3) is 0 Å². The smallest absolute Gasteiger partial charge is 0.319 e. The highest BCUT2D eigenvalue weighted by Crippen LogP contribution is 2.21. The summed E-state index contributed by atoms with van der Waals surface area (Å²) in [6.45, 7) is 8.83. The lowest BCUT2D eigenvalue weighted by Crippen LogP contribution is -2.29. The van der Waals surface area contributed by atoms with Crippen LogP contribution in [0.1, 0.15) is 41.0 Å². The maximum atomic E-state index is 11.4. The maximum absolute atomic E-state index is 11.4. The molecule has 0 saturated carbocycles. The first kappa shape index (κ1) is 12.1. The van der Waals surface area contributed by atoms with Crippen molar-refractivity contribution < 1.29 is 14.3 Å². The SMILES string of the molecule is CCC(C)(C)C(=O)OC(=O)C(C)C. The molecule has 0 aliphatic carbocycles. The van der Waals surface area contributed by atoms with Gasteiger partial charge in [-0.05, 0) is 20.3 Å². The first-order valence-corrected chi connectivity index (χ1v) is 4.57. The van der Waals surface area contributed by atoms with Crippen LogP contribution >= 0.6 is 0 Å². The zero-order valence-electron chi connectivity index (χ0n) is 9.01. The second-order valence-corrected chi connectivity index (χ2v) is 4.10. The minimum atomic E-state index is -0.565. The van der Waals surface area contributed by atoms with Crippen LogP contribution in [0.3, 0.4) is 0 Å². The molecule has 0 fully saturated rings. The standard InChI is InChI=1S/C10H18O3/c1-6-10(4,5)9(12)13-8(11)7(2)3/h7H,6H2,1-5H3. The Labute approximate surface area is 79.5 Å². The minimum absolute atomic E-state index is 0.253. The van der Waals surface area contributed by atoms with Crippen molar-refractivity contribution in [2.45, 2.75) is 41.0 Å². The Hall–Kier alpha value is -0.860. The number of esters is 2. The summed E-state index contributed by atoms with van der Waals surface area (Å²) >= 11 is 0. The molecule has 0 radical (unpaired) electrons. The van der Waals surface area contributed by atoms with Crippen molar-refractivity contribution >= 4 is 11.9 Å². The summed E-state index contributed by atoms with van der Waals surface area (Å²) < 4.78 is 4.69. The van der Waals surface area contributed by atoms with Crippen LogP contribution in [0.4, 0.5) is 0 Å². The lowest BCUT2D eigenvalue weighted by molar-refractivity contribution is -0.168. The van der Waals surface area contributed by atoms with Gasteiger partial charge in [-0.1, -0.05) is 20.8 Å². The molecule has 0 aliphatic rings. The predicted molar refractivity (Wildman–Crippen MR) is 50.0 cm³/mol. The van der Waals surface area contributed by atoms with E-state index in [-0.39, 0.29) is 5.92 Å². The van der Waals surface area contributed by atoms with Crippen LogP contribution in [-0.4, -0.2) is 11.9 Å². The molecule has 0 aromatic rings. The van der Waals surface area contributed by atoms with Crippen molar-refractivity contribution in [3.63, 3.8) is 0 Å². The number of carbonyl (C=O) groups excluding carboxylic acids is 2. The highest BCUT2D eigenvalue weighted by Gasteiger charge is 2.29. The summed E-state index contributed by atoms with van der Waals surface area (Å²) in [6.07, 6.45) is 0.664. The highest BCUT2D eigenvalue weighted by molar-refractivity contribution is 5.89. The third-order valence-corrected chi connectivity index (χ3v) is 2.10. The molecule has 3 heteroatoms. The quantitative estimate of drug-likeness (QED) is 0.501. The number of ether oxygens (including phenoxy) is 1. The van der Waals surface area contributed by atoms with E-state index >= 15 is 0 Å². The largest absolute Gasteiger partial charge is 0.393 e. The molecule has 0 N–H and O–H groups in total. The van der Waals surface area contributed by atoms with Crippen molar-refractivity contribution in [2.24, 2.45) is 11.3 Å². The van der Waals surface area contributed by atoms with Gasteiger partial charge in [-0.25, -0.2) is 0 Å². The fraction of sp³-hybridized carbons (Fsp3) is 0.800. The van der Waals surface area contributed by atoms with Crippen LogP contribution in [0, 0.1) is 11.3 Å². The molecule has 76 valence electrons. The molecular formula is C10H18O3.